The second-order valence-electron chi connectivity index (χ2n) is 4.45. The van der Waals surface area contributed by atoms with Crippen LogP contribution in [0.4, 0.5) is 4.39 Å². The van der Waals surface area contributed by atoms with Crippen molar-refractivity contribution in [2.24, 2.45) is 0 Å². The van der Waals surface area contributed by atoms with E-state index in [1.807, 2.05) is 0 Å². The summed E-state index contributed by atoms with van der Waals surface area (Å²) in [5.41, 5.74) is 0.683. The minimum atomic E-state index is -0.412. The van der Waals surface area contributed by atoms with Gasteiger partial charge in [-0.05, 0) is 31.4 Å². The fourth-order valence-corrected chi connectivity index (χ4v) is 2.29. The molecule has 2 heterocycles. The highest BCUT2D eigenvalue weighted by atomic mass is 19.1. The van der Waals surface area contributed by atoms with E-state index >= 15 is 0 Å². The summed E-state index contributed by atoms with van der Waals surface area (Å²) in [6, 6.07) is 2.74. The van der Waals surface area contributed by atoms with Crippen molar-refractivity contribution in [2.75, 3.05) is 6.61 Å². The summed E-state index contributed by atoms with van der Waals surface area (Å²) in [6.07, 6.45) is 5.25. The molecule has 1 unspecified atom stereocenters. The van der Waals surface area contributed by atoms with Gasteiger partial charge in [0.05, 0.1) is 0 Å². The average molecular weight is 248 g/mol. The first-order valence-electron chi connectivity index (χ1n) is 6.04. The van der Waals surface area contributed by atoms with Crippen molar-refractivity contribution in [3.63, 3.8) is 0 Å². The molecule has 0 bridgehead atoms. The van der Waals surface area contributed by atoms with Gasteiger partial charge < -0.3 is 4.74 Å². The van der Waals surface area contributed by atoms with Crippen LogP contribution in [0.25, 0.3) is 10.9 Å². The van der Waals surface area contributed by atoms with Gasteiger partial charge in [0.1, 0.15) is 11.7 Å². The number of rotatable bonds is 2. The van der Waals surface area contributed by atoms with Crippen LogP contribution in [0.1, 0.15) is 35.8 Å². The summed E-state index contributed by atoms with van der Waals surface area (Å²) >= 11 is 0. The molecule has 5 heteroatoms. The molecule has 1 aromatic heterocycles. The zero-order valence-corrected chi connectivity index (χ0v) is 9.80. The second-order valence-corrected chi connectivity index (χ2v) is 4.45. The van der Waals surface area contributed by atoms with Gasteiger partial charge in [0.25, 0.3) is 0 Å². The first kappa shape index (κ1) is 11.3. The van der Waals surface area contributed by atoms with E-state index < -0.39 is 5.82 Å². The van der Waals surface area contributed by atoms with Gasteiger partial charge in [-0.15, -0.1) is 0 Å². The molecule has 1 fully saturated rings. The Balaban J connectivity index is 2.09. The van der Waals surface area contributed by atoms with Gasteiger partial charge in [0, 0.05) is 23.8 Å². The summed E-state index contributed by atoms with van der Waals surface area (Å²) in [4.78, 5) is 10.9. The Morgan fingerprint density at radius 2 is 2.33 bits per heavy atom. The number of hydrogen-bond donors (Lipinski definition) is 0. The first-order valence-corrected chi connectivity index (χ1v) is 6.04. The van der Waals surface area contributed by atoms with E-state index in [-0.39, 0.29) is 11.7 Å². The third kappa shape index (κ3) is 1.80. The van der Waals surface area contributed by atoms with Crippen molar-refractivity contribution >= 4 is 17.2 Å². The summed E-state index contributed by atoms with van der Waals surface area (Å²) in [6.45, 7) is 0.698. The number of carbonyl (C=O) groups excluding carboxylic acids is 1. The molecule has 94 valence electrons. The molecule has 0 spiro atoms. The van der Waals surface area contributed by atoms with Gasteiger partial charge >= 0.3 is 0 Å². The van der Waals surface area contributed by atoms with E-state index in [0.717, 1.165) is 25.5 Å². The maximum Gasteiger partial charge on any atom is 0.151 e. The van der Waals surface area contributed by atoms with Gasteiger partial charge in [-0.2, -0.15) is 5.10 Å². The summed E-state index contributed by atoms with van der Waals surface area (Å²) < 4.78 is 20.9. The van der Waals surface area contributed by atoms with Crippen LogP contribution in [0.3, 0.4) is 0 Å². The number of nitrogens with zero attached hydrogens (tertiary/aromatic N) is 2. The smallest absolute Gasteiger partial charge is 0.151 e. The molecule has 18 heavy (non-hydrogen) atoms. The lowest BCUT2D eigenvalue weighted by Gasteiger charge is -2.22. The number of carbonyl (C=O) groups is 1. The molecule has 1 aliphatic heterocycles. The molecule has 1 saturated heterocycles. The molecule has 2 aromatic rings. The van der Waals surface area contributed by atoms with Crippen molar-refractivity contribution in [2.45, 2.75) is 25.5 Å². The molecule has 0 aliphatic carbocycles. The molecule has 4 nitrogen and oxygen atoms in total. The number of halogens is 1. The maximum atomic E-state index is 13.7. The maximum absolute atomic E-state index is 13.7. The van der Waals surface area contributed by atoms with Crippen molar-refractivity contribution in [1.82, 2.24) is 9.78 Å². The molecule has 1 aromatic carbocycles. The predicted molar refractivity (Wildman–Crippen MR) is 63.9 cm³/mol. The largest absolute Gasteiger partial charge is 0.357 e. The van der Waals surface area contributed by atoms with Crippen LogP contribution in [0.2, 0.25) is 0 Å². The first-order chi connectivity index (χ1) is 8.79. The van der Waals surface area contributed by atoms with E-state index in [1.54, 1.807) is 10.9 Å². The van der Waals surface area contributed by atoms with Crippen LogP contribution in [-0.2, 0) is 4.74 Å². The zero-order valence-electron chi connectivity index (χ0n) is 9.80. The summed E-state index contributed by atoms with van der Waals surface area (Å²) in [5.74, 6) is -0.412. The van der Waals surface area contributed by atoms with Crippen LogP contribution in [0.5, 0.6) is 0 Å². The number of aromatic nitrogens is 2. The van der Waals surface area contributed by atoms with Gasteiger partial charge in [0.15, 0.2) is 12.1 Å². The predicted octanol–water partition coefficient (Wildman–Crippen LogP) is 2.69. The number of aldehydes is 1. The highest BCUT2D eigenvalue weighted by Gasteiger charge is 2.19. The van der Waals surface area contributed by atoms with E-state index in [1.165, 1.54) is 12.1 Å². The topological polar surface area (TPSA) is 44.1 Å². The highest BCUT2D eigenvalue weighted by Crippen LogP contribution is 2.26. The lowest BCUT2D eigenvalue weighted by atomic mass is 10.1. The van der Waals surface area contributed by atoms with E-state index in [0.29, 0.717) is 17.6 Å². The van der Waals surface area contributed by atoms with E-state index in [9.17, 15) is 9.18 Å². The minimum Gasteiger partial charge on any atom is -0.357 e. The fraction of sp³-hybridized carbons (Fsp3) is 0.385. The van der Waals surface area contributed by atoms with Gasteiger partial charge in [-0.3, -0.25) is 4.79 Å². The monoisotopic (exact) mass is 248 g/mol. The van der Waals surface area contributed by atoms with Crippen molar-refractivity contribution in [3.05, 3.63) is 29.7 Å². The van der Waals surface area contributed by atoms with Crippen LogP contribution in [0, 0.1) is 5.82 Å². The van der Waals surface area contributed by atoms with E-state index in [2.05, 4.69) is 5.10 Å². The van der Waals surface area contributed by atoms with Crippen LogP contribution >= 0.6 is 0 Å². The summed E-state index contributed by atoms with van der Waals surface area (Å²) in [5, 5.41) is 4.74. The van der Waals surface area contributed by atoms with Crippen molar-refractivity contribution in [1.29, 1.82) is 0 Å². The highest BCUT2D eigenvalue weighted by molar-refractivity contribution is 5.96. The van der Waals surface area contributed by atoms with Crippen LogP contribution in [0.15, 0.2) is 18.3 Å². The van der Waals surface area contributed by atoms with Crippen molar-refractivity contribution < 1.29 is 13.9 Å². The van der Waals surface area contributed by atoms with E-state index in [4.69, 9.17) is 4.74 Å². The normalized spacial score (nSPS) is 20.2. The molecular weight excluding hydrogens is 235 g/mol. The lowest BCUT2D eigenvalue weighted by Crippen LogP contribution is -2.18. The molecule has 0 saturated carbocycles. The molecule has 0 radical (unpaired) electrons. The number of hydrogen-bond acceptors (Lipinski definition) is 3. The Morgan fingerprint density at radius 3 is 3.06 bits per heavy atom. The summed E-state index contributed by atoms with van der Waals surface area (Å²) in [7, 11) is 0. The Labute approximate surface area is 103 Å². The Morgan fingerprint density at radius 1 is 1.44 bits per heavy atom. The van der Waals surface area contributed by atoms with Gasteiger partial charge in [-0.25, -0.2) is 9.07 Å². The van der Waals surface area contributed by atoms with Gasteiger partial charge in [-0.1, -0.05) is 0 Å². The van der Waals surface area contributed by atoms with Crippen molar-refractivity contribution in [3.8, 4) is 0 Å². The SMILES string of the molecule is O=Cc1ccc(F)c2nn(C3CCCCO3)cc12. The fourth-order valence-electron chi connectivity index (χ4n) is 2.29. The second kappa shape index (κ2) is 4.49. The quantitative estimate of drug-likeness (QED) is 0.767. The lowest BCUT2D eigenvalue weighted by molar-refractivity contribution is -0.0391. The number of ether oxygens (including phenoxy) is 1. The average Bonchev–Trinajstić information content (AvgIpc) is 2.86. The number of benzene rings is 1. The molecule has 1 atom stereocenters. The third-order valence-corrected chi connectivity index (χ3v) is 3.26. The van der Waals surface area contributed by atoms with Crippen LogP contribution < -0.4 is 0 Å². The Bertz CT molecular complexity index is 588. The molecule has 1 aliphatic rings. The third-order valence-electron chi connectivity index (χ3n) is 3.26. The Kier molecular flexibility index (Phi) is 2.83. The molecule has 0 amide bonds. The zero-order chi connectivity index (χ0) is 12.5. The molecule has 0 N–H and O–H groups in total. The Hall–Kier alpha value is -1.75. The molecule has 3 rings (SSSR count). The standard InChI is InChI=1S/C13H13FN2O2/c14-11-5-4-9(8-17)10-7-16(15-13(10)11)12-3-1-2-6-18-12/h4-5,7-8,12H,1-3,6H2. The van der Waals surface area contributed by atoms with Crippen LogP contribution in [-0.4, -0.2) is 22.7 Å². The number of fused-ring (bicyclic) bond motifs is 1. The minimum absolute atomic E-state index is 0.148. The molecular formula is C13H13FN2O2. The van der Waals surface area contributed by atoms with Gasteiger partial charge in [0.2, 0.25) is 0 Å².